The van der Waals surface area contributed by atoms with E-state index in [1.807, 2.05) is 6.07 Å². The Morgan fingerprint density at radius 2 is 1.95 bits per heavy atom. The molecule has 0 aliphatic heterocycles. The molecule has 104 valence electrons. The number of halogens is 2. The minimum absolute atomic E-state index is 0.586. The highest BCUT2D eigenvalue weighted by Crippen LogP contribution is 2.28. The number of aromatic nitrogens is 1. The highest BCUT2D eigenvalue weighted by Gasteiger charge is 2.16. The first-order valence-corrected chi connectivity index (χ1v) is 8.32. The van der Waals surface area contributed by atoms with Gasteiger partial charge in [-0.15, -0.1) is 0 Å². The Bertz CT molecular complexity index is 642. The highest BCUT2D eigenvalue weighted by atomic mass is 79.9. The van der Waals surface area contributed by atoms with E-state index in [2.05, 4.69) is 55.0 Å². The molecule has 0 fully saturated rings. The molecule has 0 amide bonds. The predicted molar refractivity (Wildman–Crippen MR) is 86.8 cm³/mol. The van der Waals surface area contributed by atoms with Gasteiger partial charge in [-0.05, 0) is 73.9 Å². The van der Waals surface area contributed by atoms with Crippen LogP contribution in [0.15, 0.2) is 39.4 Å². The summed E-state index contributed by atoms with van der Waals surface area (Å²) < 4.78 is 1.73. The summed E-state index contributed by atoms with van der Waals surface area (Å²) in [6.45, 7) is 0. The summed E-state index contributed by atoms with van der Waals surface area (Å²) >= 11 is 6.83. The molecular weight excluding hydrogens is 382 g/mol. The van der Waals surface area contributed by atoms with E-state index in [4.69, 9.17) is 0 Å². The second-order valence-electron chi connectivity index (χ2n) is 5.20. The van der Waals surface area contributed by atoms with Gasteiger partial charge in [0.25, 0.3) is 0 Å². The molecule has 1 heterocycles. The average molecular weight is 397 g/mol. The van der Waals surface area contributed by atoms with Crippen molar-refractivity contribution in [1.82, 2.24) is 4.98 Å². The zero-order valence-corrected chi connectivity index (χ0v) is 14.1. The van der Waals surface area contributed by atoms with Crippen LogP contribution in [-0.2, 0) is 19.3 Å². The standard InChI is InChI=1S/C16H15Br2NO/c17-13-8-14(18)16(19-9-13)15(20)7-10-4-5-11-2-1-3-12(11)6-10/h4-6,8-9,15,20H,1-3,7H2. The predicted octanol–water partition coefficient (Wildman–Crippen LogP) is 4.37. The van der Waals surface area contributed by atoms with E-state index in [0.717, 1.165) is 8.95 Å². The van der Waals surface area contributed by atoms with Gasteiger partial charge in [-0.2, -0.15) is 0 Å². The van der Waals surface area contributed by atoms with Gasteiger partial charge < -0.3 is 5.11 Å². The third-order valence-electron chi connectivity index (χ3n) is 3.74. The fraction of sp³-hybridized carbons (Fsp3) is 0.312. The van der Waals surface area contributed by atoms with E-state index in [1.54, 1.807) is 6.20 Å². The van der Waals surface area contributed by atoms with Crippen molar-refractivity contribution < 1.29 is 5.11 Å². The Balaban J connectivity index is 1.80. The number of aliphatic hydroxyl groups is 1. The van der Waals surface area contributed by atoms with Crippen molar-refractivity contribution in [3.8, 4) is 0 Å². The summed E-state index contributed by atoms with van der Waals surface area (Å²) in [7, 11) is 0. The Hall–Kier alpha value is -0.710. The zero-order valence-electron chi connectivity index (χ0n) is 10.9. The quantitative estimate of drug-likeness (QED) is 0.835. The Labute approximate surface area is 135 Å². The molecule has 0 radical (unpaired) electrons. The number of aliphatic hydroxyl groups excluding tert-OH is 1. The first-order valence-electron chi connectivity index (χ1n) is 6.73. The van der Waals surface area contributed by atoms with Crippen molar-refractivity contribution in [1.29, 1.82) is 0 Å². The fourth-order valence-electron chi connectivity index (χ4n) is 2.74. The molecule has 1 aliphatic carbocycles. The minimum atomic E-state index is -0.586. The third kappa shape index (κ3) is 2.97. The first-order chi connectivity index (χ1) is 9.63. The fourth-order valence-corrected chi connectivity index (χ4v) is 3.99. The number of fused-ring (bicyclic) bond motifs is 1. The van der Waals surface area contributed by atoms with E-state index < -0.39 is 6.10 Å². The van der Waals surface area contributed by atoms with Crippen LogP contribution in [0, 0.1) is 0 Å². The monoisotopic (exact) mass is 395 g/mol. The molecule has 1 atom stereocenters. The maximum absolute atomic E-state index is 10.4. The molecule has 20 heavy (non-hydrogen) atoms. The SMILES string of the molecule is OC(Cc1ccc2c(c1)CCC2)c1ncc(Br)cc1Br. The van der Waals surface area contributed by atoms with Crippen molar-refractivity contribution in [3.63, 3.8) is 0 Å². The molecule has 1 aromatic heterocycles. The van der Waals surface area contributed by atoms with Gasteiger partial charge >= 0.3 is 0 Å². The van der Waals surface area contributed by atoms with E-state index >= 15 is 0 Å². The lowest BCUT2D eigenvalue weighted by Gasteiger charge is -2.13. The van der Waals surface area contributed by atoms with E-state index in [0.29, 0.717) is 12.1 Å². The van der Waals surface area contributed by atoms with E-state index in [1.165, 1.54) is 36.0 Å². The lowest BCUT2D eigenvalue weighted by molar-refractivity contribution is 0.172. The van der Waals surface area contributed by atoms with Crippen LogP contribution in [0.3, 0.4) is 0 Å². The molecule has 0 spiro atoms. The molecule has 4 heteroatoms. The van der Waals surface area contributed by atoms with Crippen LogP contribution in [0.2, 0.25) is 0 Å². The van der Waals surface area contributed by atoms with Crippen molar-refractivity contribution in [2.75, 3.05) is 0 Å². The van der Waals surface area contributed by atoms with Crippen LogP contribution in [0.4, 0.5) is 0 Å². The molecule has 1 aliphatic rings. The summed E-state index contributed by atoms with van der Waals surface area (Å²) in [5.41, 5.74) is 4.77. The maximum atomic E-state index is 10.4. The zero-order chi connectivity index (χ0) is 14.1. The van der Waals surface area contributed by atoms with Crippen molar-refractivity contribution in [2.45, 2.75) is 31.8 Å². The molecule has 1 N–H and O–H groups in total. The van der Waals surface area contributed by atoms with Crippen LogP contribution in [-0.4, -0.2) is 10.1 Å². The number of hydrogen-bond acceptors (Lipinski definition) is 2. The summed E-state index contributed by atoms with van der Waals surface area (Å²) in [4.78, 5) is 4.30. The molecule has 2 nitrogen and oxygen atoms in total. The maximum Gasteiger partial charge on any atom is 0.101 e. The van der Waals surface area contributed by atoms with Crippen molar-refractivity contribution in [2.24, 2.45) is 0 Å². The topological polar surface area (TPSA) is 33.1 Å². The van der Waals surface area contributed by atoms with Gasteiger partial charge in [0.2, 0.25) is 0 Å². The number of nitrogens with zero attached hydrogens (tertiary/aromatic N) is 1. The third-order valence-corrected chi connectivity index (χ3v) is 4.81. The molecular formula is C16H15Br2NO. The molecule has 2 aromatic rings. The largest absolute Gasteiger partial charge is 0.386 e. The van der Waals surface area contributed by atoms with Crippen LogP contribution in [0.1, 0.15) is 34.9 Å². The molecule has 3 rings (SSSR count). The van der Waals surface area contributed by atoms with Gasteiger partial charge in [-0.25, -0.2) is 0 Å². The average Bonchev–Trinajstić information content (AvgIpc) is 2.85. The molecule has 1 unspecified atom stereocenters. The Morgan fingerprint density at radius 1 is 1.15 bits per heavy atom. The number of benzene rings is 1. The van der Waals surface area contributed by atoms with Crippen molar-refractivity contribution in [3.05, 3.63) is 61.8 Å². The van der Waals surface area contributed by atoms with E-state index in [-0.39, 0.29) is 0 Å². The van der Waals surface area contributed by atoms with Crippen molar-refractivity contribution >= 4 is 31.9 Å². The molecule has 0 saturated heterocycles. The highest BCUT2D eigenvalue weighted by molar-refractivity contribution is 9.11. The van der Waals surface area contributed by atoms with Gasteiger partial charge in [0.05, 0.1) is 5.69 Å². The summed E-state index contributed by atoms with van der Waals surface area (Å²) in [6, 6.07) is 8.47. The second-order valence-corrected chi connectivity index (χ2v) is 6.97. The smallest absolute Gasteiger partial charge is 0.101 e. The van der Waals surface area contributed by atoms with Gasteiger partial charge in [0.1, 0.15) is 6.10 Å². The van der Waals surface area contributed by atoms with Gasteiger partial charge in [-0.3, -0.25) is 4.98 Å². The second kappa shape index (κ2) is 5.96. The summed E-state index contributed by atoms with van der Waals surface area (Å²) in [5, 5.41) is 10.4. The van der Waals surface area contributed by atoms with Crippen LogP contribution >= 0.6 is 31.9 Å². The minimum Gasteiger partial charge on any atom is -0.386 e. The first kappa shape index (κ1) is 14.2. The van der Waals surface area contributed by atoms with Crippen LogP contribution in [0.5, 0.6) is 0 Å². The number of pyridine rings is 1. The number of aryl methyl sites for hydroxylation is 2. The van der Waals surface area contributed by atoms with Crippen LogP contribution in [0.25, 0.3) is 0 Å². The van der Waals surface area contributed by atoms with Gasteiger partial charge in [0, 0.05) is 21.6 Å². The number of rotatable bonds is 3. The molecule has 1 aromatic carbocycles. The number of hydrogen-bond donors (Lipinski definition) is 1. The van der Waals surface area contributed by atoms with E-state index in [9.17, 15) is 5.11 Å². The van der Waals surface area contributed by atoms with Gasteiger partial charge in [0.15, 0.2) is 0 Å². The molecule has 0 bridgehead atoms. The lowest BCUT2D eigenvalue weighted by Crippen LogP contribution is -2.05. The molecule has 0 saturated carbocycles. The van der Waals surface area contributed by atoms with Gasteiger partial charge in [-0.1, -0.05) is 18.2 Å². The Kier molecular flexibility index (Phi) is 4.24. The summed E-state index contributed by atoms with van der Waals surface area (Å²) in [5.74, 6) is 0. The Morgan fingerprint density at radius 3 is 2.75 bits per heavy atom. The van der Waals surface area contributed by atoms with Crippen LogP contribution < -0.4 is 0 Å². The lowest BCUT2D eigenvalue weighted by atomic mass is 10.0. The summed E-state index contributed by atoms with van der Waals surface area (Å²) in [6.07, 6.45) is 5.34. The normalized spacial score (nSPS) is 15.2.